The Hall–Kier alpha value is -3.37. The smallest absolute Gasteiger partial charge is 0.255 e. The summed E-state index contributed by atoms with van der Waals surface area (Å²) in [7, 11) is 1.65. The van der Waals surface area contributed by atoms with Crippen LogP contribution in [0, 0.1) is 11.3 Å². The maximum Gasteiger partial charge on any atom is 0.255 e. The number of carbonyl (C=O) groups excluding carboxylic acids is 1. The molecule has 3 aromatic rings. The SMILES string of the molecule is COc1cccc(C(CN2CCN(C(=O)c3ccccc3Cl)CC2)OCc2ccc(C#N)cc2)c1. The quantitative estimate of drug-likeness (QED) is 0.448. The summed E-state index contributed by atoms with van der Waals surface area (Å²) in [5.41, 5.74) is 3.21. The standard InChI is InChI=1S/C28H28ClN3O3/c1-34-24-6-4-5-23(17-24)27(35-20-22-11-9-21(18-30)10-12-22)19-31-13-15-32(16-14-31)28(33)25-7-2-3-8-26(25)29/h2-12,17,27H,13-16,19-20H2,1H3. The molecule has 0 radical (unpaired) electrons. The molecule has 1 unspecified atom stereocenters. The van der Waals surface area contributed by atoms with Crippen molar-refractivity contribution in [3.63, 3.8) is 0 Å². The van der Waals surface area contributed by atoms with Gasteiger partial charge < -0.3 is 14.4 Å². The van der Waals surface area contributed by atoms with Crippen LogP contribution in [0.1, 0.15) is 33.2 Å². The highest BCUT2D eigenvalue weighted by molar-refractivity contribution is 6.33. The maximum absolute atomic E-state index is 12.9. The van der Waals surface area contributed by atoms with Crippen LogP contribution in [-0.2, 0) is 11.3 Å². The molecular weight excluding hydrogens is 462 g/mol. The summed E-state index contributed by atoms with van der Waals surface area (Å²) in [6, 6.07) is 24.7. The fourth-order valence-corrected chi connectivity index (χ4v) is 4.36. The number of hydrogen-bond donors (Lipinski definition) is 0. The third-order valence-corrected chi connectivity index (χ3v) is 6.52. The van der Waals surface area contributed by atoms with E-state index < -0.39 is 0 Å². The van der Waals surface area contributed by atoms with Crippen molar-refractivity contribution in [3.8, 4) is 11.8 Å². The van der Waals surface area contributed by atoms with Gasteiger partial charge >= 0.3 is 0 Å². The van der Waals surface area contributed by atoms with Gasteiger partial charge in [0.15, 0.2) is 0 Å². The first-order chi connectivity index (χ1) is 17.1. The molecule has 0 N–H and O–H groups in total. The van der Waals surface area contributed by atoms with Gasteiger partial charge in [-0.1, -0.05) is 48.0 Å². The number of amides is 1. The van der Waals surface area contributed by atoms with Gasteiger partial charge in [0, 0.05) is 32.7 Å². The van der Waals surface area contributed by atoms with E-state index >= 15 is 0 Å². The number of benzene rings is 3. The van der Waals surface area contributed by atoms with Crippen LogP contribution in [0.3, 0.4) is 0 Å². The number of hydrogen-bond acceptors (Lipinski definition) is 5. The highest BCUT2D eigenvalue weighted by atomic mass is 35.5. The minimum absolute atomic E-state index is 0.0309. The number of rotatable bonds is 8. The summed E-state index contributed by atoms with van der Waals surface area (Å²) in [4.78, 5) is 17.1. The van der Waals surface area contributed by atoms with Gasteiger partial charge in [-0.05, 0) is 47.5 Å². The second-order valence-corrected chi connectivity index (χ2v) is 8.86. The fourth-order valence-electron chi connectivity index (χ4n) is 4.14. The van der Waals surface area contributed by atoms with Crippen LogP contribution in [0.5, 0.6) is 5.75 Å². The molecule has 1 saturated heterocycles. The lowest BCUT2D eigenvalue weighted by Crippen LogP contribution is -2.49. The molecule has 1 fully saturated rings. The predicted octanol–water partition coefficient (Wildman–Crippen LogP) is 4.94. The Kier molecular flexibility index (Phi) is 8.38. The first kappa shape index (κ1) is 24.7. The number of ether oxygens (including phenoxy) is 2. The third kappa shape index (κ3) is 6.40. The van der Waals surface area contributed by atoms with E-state index in [-0.39, 0.29) is 12.0 Å². The van der Waals surface area contributed by atoms with Gasteiger partial charge in [-0.25, -0.2) is 0 Å². The molecule has 6 nitrogen and oxygen atoms in total. The molecular formula is C28H28ClN3O3. The zero-order valence-electron chi connectivity index (χ0n) is 19.7. The molecule has 0 saturated carbocycles. The lowest BCUT2D eigenvalue weighted by molar-refractivity contribution is 0.00333. The van der Waals surface area contributed by atoms with Crippen LogP contribution in [0.15, 0.2) is 72.8 Å². The van der Waals surface area contributed by atoms with Crippen molar-refractivity contribution in [2.45, 2.75) is 12.7 Å². The topological polar surface area (TPSA) is 65.8 Å². The second kappa shape index (κ2) is 11.9. The highest BCUT2D eigenvalue weighted by Crippen LogP contribution is 2.25. The molecule has 7 heteroatoms. The average molecular weight is 490 g/mol. The van der Waals surface area contributed by atoms with Gasteiger partial charge in [-0.2, -0.15) is 5.26 Å². The Morgan fingerprint density at radius 2 is 1.77 bits per heavy atom. The lowest BCUT2D eigenvalue weighted by atomic mass is 10.1. The minimum atomic E-state index is -0.174. The lowest BCUT2D eigenvalue weighted by Gasteiger charge is -2.36. The van der Waals surface area contributed by atoms with Gasteiger partial charge in [0.05, 0.1) is 42.0 Å². The summed E-state index contributed by atoms with van der Waals surface area (Å²) in [5.74, 6) is 0.751. The molecule has 4 rings (SSSR count). The van der Waals surface area contributed by atoms with E-state index in [0.29, 0.717) is 42.4 Å². The first-order valence-electron chi connectivity index (χ1n) is 11.6. The molecule has 35 heavy (non-hydrogen) atoms. The number of halogens is 1. The highest BCUT2D eigenvalue weighted by Gasteiger charge is 2.26. The molecule has 0 aromatic heterocycles. The summed E-state index contributed by atoms with van der Waals surface area (Å²) in [5, 5.41) is 9.51. The zero-order valence-corrected chi connectivity index (χ0v) is 20.4. The number of methoxy groups -OCH3 is 1. The molecule has 1 aliphatic heterocycles. The molecule has 1 heterocycles. The van der Waals surface area contributed by atoms with Crippen LogP contribution in [-0.4, -0.2) is 55.5 Å². The molecule has 1 amide bonds. The minimum Gasteiger partial charge on any atom is -0.497 e. The van der Waals surface area contributed by atoms with Crippen LogP contribution in [0.4, 0.5) is 0 Å². The van der Waals surface area contributed by atoms with Gasteiger partial charge in [-0.15, -0.1) is 0 Å². The summed E-state index contributed by atoms with van der Waals surface area (Å²) < 4.78 is 11.8. The number of nitriles is 1. The van der Waals surface area contributed by atoms with Crippen LogP contribution in [0.25, 0.3) is 0 Å². The summed E-state index contributed by atoms with van der Waals surface area (Å²) in [6.45, 7) is 3.87. The molecule has 0 bridgehead atoms. The summed E-state index contributed by atoms with van der Waals surface area (Å²) >= 11 is 6.23. The van der Waals surface area contributed by atoms with E-state index in [2.05, 4.69) is 11.0 Å². The normalized spacial score (nSPS) is 14.8. The van der Waals surface area contributed by atoms with Crippen LogP contribution < -0.4 is 4.74 Å². The number of piperazine rings is 1. The molecule has 1 atom stereocenters. The van der Waals surface area contributed by atoms with Crippen molar-refractivity contribution in [2.24, 2.45) is 0 Å². The molecule has 1 aliphatic rings. The van der Waals surface area contributed by atoms with E-state index in [9.17, 15) is 4.79 Å². The Bertz CT molecular complexity index is 1180. The second-order valence-electron chi connectivity index (χ2n) is 8.46. The Labute approximate surface area is 211 Å². The van der Waals surface area contributed by atoms with Crippen molar-refractivity contribution < 1.29 is 14.3 Å². The van der Waals surface area contributed by atoms with E-state index in [1.165, 1.54) is 0 Å². The third-order valence-electron chi connectivity index (χ3n) is 6.19. The van der Waals surface area contributed by atoms with Crippen molar-refractivity contribution in [3.05, 3.63) is 100 Å². The van der Waals surface area contributed by atoms with Crippen LogP contribution >= 0.6 is 11.6 Å². The molecule has 0 spiro atoms. The van der Waals surface area contributed by atoms with Gasteiger partial charge in [0.1, 0.15) is 5.75 Å². The monoisotopic (exact) mass is 489 g/mol. The Morgan fingerprint density at radius 1 is 1.03 bits per heavy atom. The van der Waals surface area contributed by atoms with Crippen molar-refractivity contribution in [1.82, 2.24) is 9.80 Å². The van der Waals surface area contributed by atoms with E-state index in [1.807, 2.05) is 53.4 Å². The van der Waals surface area contributed by atoms with Gasteiger partial charge in [-0.3, -0.25) is 9.69 Å². The number of carbonyl (C=O) groups is 1. The van der Waals surface area contributed by atoms with Crippen molar-refractivity contribution >= 4 is 17.5 Å². The predicted molar refractivity (Wildman–Crippen MR) is 135 cm³/mol. The Morgan fingerprint density at radius 3 is 2.46 bits per heavy atom. The van der Waals surface area contributed by atoms with E-state index in [4.69, 9.17) is 26.3 Å². The fraction of sp³-hybridized carbons (Fsp3) is 0.286. The molecule has 3 aromatic carbocycles. The van der Waals surface area contributed by atoms with Crippen molar-refractivity contribution in [1.29, 1.82) is 5.26 Å². The van der Waals surface area contributed by atoms with E-state index in [1.54, 1.807) is 31.4 Å². The maximum atomic E-state index is 12.9. The summed E-state index contributed by atoms with van der Waals surface area (Å²) in [6.07, 6.45) is -0.174. The molecule has 180 valence electrons. The van der Waals surface area contributed by atoms with Crippen molar-refractivity contribution in [2.75, 3.05) is 39.8 Å². The zero-order chi connectivity index (χ0) is 24.6. The molecule has 0 aliphatic carbocycles. The van der Waals surface area contributed by atoms with Gasteiger partial charge in [0.25, 0.3) is 5.91 Å². The largest absolute Gasteiger partial charge is 0.497 e. The number of nitrogens with zero attached hydrogens (tertiary/aromatic N) is 3. The first-order valence-corrected chi connectivity index (χ1v) is 12.0. The van der Waals surface area contributed by atoms with E-state index in [0.717, 1.165) is 30.0 Å². The van der Waals surface area contributed by atoms with Crippen LogP contribution in [0.2, 0.25) is 5.02 Å². The van der Waals surface area contributed by atoms with Gasteiger partial charge in [0.2, 0.25) is 0 Å². The average Bonchev–Trinajstić information content (AvgIpc) is 2.91. The Balaban J connectivity index is 1.41.